The van der Waals surface area contributed by atoms with E-state index in [2.05, 4.69) is 15.8 Å². The molecule has 6 fully saturated rings. The topological polar surface area (TPSA) is 117 Å². The lowest BCUT2D eigenvalue weighted by molar-refractivity contribution is -0.0458. The van der Waals surface area contributed by atoms with Crippen molar-refractivity contribution in [1.29, 1.82) is 0 Å². The smallest absolute Gasteiger partial charge is 0.283 e. The number of halogens is 2. The van der Waals surface area contributed by atoms with E-state index in [-0.39, 0.29) is 72.5 Å². The zero-order valence-electron chi connectivity index (χ0n) is 23.3. The molecule has 6 atom stereocenters. The lowest BCUT2D eigenvalue weighted by atomic mass is 9.86. The number of amides is 1. The summed E-state index contributed by atoms with van der Waals surface area (Å²) in [5.74, 6) is -1.71. The molecular formula is C28H41F2N5O5S. The molecule has 0 spiro atoms. The lowest BCUT2D eigenvalue weighted by Crippen LogP contribution is -2.60. The Morgan fingerprint density at radius 3 is 2.02 bits per heavy atom. The normalized spacial score (nSPS) is 36.3. The molecule has 10 nitrogen and oxygen atoms in total. The summed E-state index contributed by atoms with van der Waals surface area (Å²) >= 11 is 0. The van der Waals surface area contributed by atoms with Crippen LogP contribution >= 0.6 is 0 Å². The summed E-state index contributed by atoms with van der Waals surface area (Å²) in [7, 11) is -3.63. The van der Waals surface area contributed by atoms with E-state index in [1.807, 2.05) is 0 Å². The quantitative estimate of drug-likeness (QED) is 0.473. The average molecular weight is 598 g/mol. The van der Waals surface area contributed by atoms with Crippen molar-refractivity contribution in [2.75, 3.05) is 19.8 Å². The van der Waals surface area contributed by atoms with E-state index < -0.39 is 16.1 Å². The highest BCUT2D eigenvalue weighted by Crippen LogP contribution is 2.45. The fourth-order valence-corrected chi connectivity index (χ4v) is 10.8. The Morgan fingerprint density at radius 1 is 0.927 bits per heavy atom. The van der Waals surface area contributed by atoms with Gasteiger partial charge in [-0.25, -0.2) is 8.78 Å². The number of fused-ring (bicyclic) bond motifs is 4. The van der Waals surface area contributed by atoms with Gasteiger partial charge in [-0.05, 0) is 76.7 Å². The van der Waals surface area contributed by atoms with Gasteiger partial charge in [-0.1, -0.05) is 5.16 Å². The maximum Gasteiger partial charge on any atom is 0.283 e. The maximum atomic E-state index is 14.1. The molecule has 1 aliphatic carbocycles. The molecule has 4 bridgehead atoms. The molecule has 0 aromatic carbocycles. The first-order chi connectivity index (χ1) is 19.7. The van der Waals surface area contributed by atoms with E-state index in [1.54, 1.807) is 14.7 Å². The van der Waals surface area contributed by atoms with E-state index in [0.717, 1.165) is 45.1 Å². The Bertz CT molecular complexity index is 1200. The molecule has 3 unspecified atom stereocenters. The summed E-state index contributed by atoms with van der Waals surface area (Å²) < 4.78 is 69.4. The summed E-state index contributed by atoms with van der Waals surface area (Å²) in [6.07, 6.45) is 7.12. The number of nitrogens with one attached hydrogen (secondary N) is 2. The molecule has 1 amide bonds. The minimum Gasteiger partial charge on any atom is -0.380 e. The van der Waals surface area contributed by atoms with Crippen molar-refractivity contribution in [3.05, 3.63) is 17.5 Å². The van der Waals surface area contributed by atoms with E-state index >= 15 is 0 Å². The number of hydrogen-bond acceptors (Lipinski definition) is 7. The van der Waals surface area contributed by atoms with Crippen LogP contribution in [0.3, 0.4) is 0 Å². The molecule has 13 heteroatoms. The van der Waals surface area contributed by atoms with Gasteiger partial charge in [0, 0.05) is 55.2 Å². The molecule has 1 aromatic heterocycles. The van der Waals surface area contributed by atoms with Crippen molar-refractivity contribution in [2.24, 2.45) is 5.92 Å². The number of carbonyl (C=O) groups excluding carboxylic acids is 1. The molecule has 228 valence electrons. The molecule has 2 N–H and O–H groups in total. The lowest BCUT2D eigenvalue weighted by Gasteiger charge is -2.45. The molecule has 41 heavy (non-hydrogen) atoms. The second-order valence-corrected chi connectivity index (χ2v) is 15.0. The van der Waals surface area contributed by atoms with Crippen molar-refractivity contribution >= 4 is 16.1 Å². The Morgan fingerprint density at radius 2 is 1.49 bits per heavy atom. The fraction of sp³-hybridized carbons (Fsp3) is 0.857. The Hall–Kier alpha value is -1.67. The van der Waals surface area contributed by atoms with Gasteiger partial charge in [0.1, 0.15) is 5.76 Å². The molecule has 5 aliphatic heterocycles. The molecule has 7 rings (SSSR count). The third kappa shape index (κ3) is 5.45. The first-order valence-corrected chi connectivity index (χ1v) is 16.8. The van der Waals surface area contributed by atoms with Crippen molar-refractivity contribution in [3.63, 3.8) is 0 Å². The molecule has 1 aromatic rings. The minimum absolute atomic E-state index is 0.0220. The first-order valence-electron chi connectivity index (χ1n) is 15.4. The van der Waals surface area contributed by atoms with Crippen LogP contribution in [0.15, 0.2) is 10.6 Å². The predicted molar refractivity (Wildman–Crippen MR) is 145 cm³/mol. The van der Waals surface area contributed by atoms with Crippen LogP contribution < -0.4 is 10.6 Å². The third-order valence-electron chi connectivity index (χ3n) is 10.5. The van der Waals surface area contributed by atoms with Crippen molar-refractivity contribution in [1.82, 2.24) is 24.4 Å². The van der Waals surface area contributed by atoms with Crippen LogP contribution in [0.25, 0.3) is 0 Å². The van der Waals surface area contributed by atoms with Crippen molar-refractivity contribution in [3.8, 4) is 0 Å². The monoisotopic (exact) mass is 597 g/mol. The van der Waals surface area contributed by atoms with Crippen molar-refractivity contribution in [2.45, 2.75) is 125 Å². The number of alkyl halides is 2. The summed E-state index contributed by atoms with van der Waals surface area (Å²) in [6, 6.07) is 1.52. The van der Waals surface area contributed by atoms with E-state index in [4.69, 9.17) is 9.26 Å². The van der Waals surface area contributed by atoms with E-state index in [1.165, 1.54) is 0 Å². The van der Waals surface area contributed by atoms with Gasteiger partial charge in [0.05, 0.1) is 19.1 Å². The zero-order valence-corrected chi connectivity index (χ0v) is 24.2. The van der Waals surface area contributed by atoms with Crippen LogP contribution in [0.2, 0.25) is 0 Å². The van der Waals surface area contributed by atoms with Gasteiger partial charge in [-0.15, -0.1) is 0 Å². The number of hydrogen-bond donors (Lipinski definition) is 2. The molecule has 1 saturated carbocycles. The van der Waals surface area contributed by atoms with Crippen LogP contribution in [0.5, 0.6) is 0 Å². The Balaban J connectivity index is 0.944. The third-order valence-corrected chi connectivity index (χ3v) is 12.8. The minimum atomic E-state index is -3.63. The Labute approximate surface area is 240 Å². The van der Waals surface area contributed by atoms with Gasteiger partial charge in [0.15, 0.2) is 5.69 Å². The van der Waals surface area contributed by atoms with Gasteiger partial charge < -0.3 is 19.9 Å². The van der Waals surface area contributed by atoms with Crippen LogP contribution in [0.4, 0.5) is 8.78 Å². The summed E-state index contributed by atoms with van der Waals surface area (Å²) in [4.78, 5) is 12.9. The number of aromatic nitrogens is 1. The Kier molecular flexibility index (Phi) is 7.41. The number of nitrogens with zero attached hydrogens (tertiary/aromatic N) is 3. The SMILES string of the molecule is O=C(NC1C[C@H]2CC[C@@H](C1)N2S(=O)(=O)N1C2CC[C@H]1CC(NCC1CCC(F)(F)CC1)C2)c1cc(C2COC2)on1. The second kappa shape index (κ2) is 10.8. The highest BCUT2D eigenvalue weighted by atomic mass is 32.2. The fourth-order valence-electron chi connectivity index (χ4n) is 8.30. The molecular weight excluding hydrogens is 556 g/mol. The van der Waals surface area contributed by atoms with Crippen LogP contribution in [-0.2, 0) is 14.9 Å². The number of piperidine rings is 2. The summed E-state index contributed by atoms with van der Waals surface area (Å²) in [5.41, 5.74) is 0.253. The number of carbonyl (C=O) groups is 1. The standard InChI is InChI=1S/C28H41F2N5O5S/c29-28(30)7-5-17(6-8-28)14-31-19-9-21-1-2-22(10-19)34(21)41(37,38)35-23-3-4-24(35)12-20(11-23)32-27(36)25-13-26(40-33-25)18-15-39-16-18/h13,17-24,31H,1-12,14-16H2,(H,32,36)/t19?,20?,21-,22?,23-,24+/m0/s1. The number of ether oxygens (including phenoxy) is 1. The van der Waals surface area contributed by atoms with Gasteiger partial charge >= 0.3 is 0 Å². The highest BCUT2D eigenvalue weighted by molar-refractivity contribution is 7.86. The highest BCUT2D eigenvalue weighted by Gasteiger charge is 2.54. The van der Waals surface area contributed by atoms with Gasteiger partial charge in [-0.2, -0.15) is 17.0 Å². The first kappa shape index (κ1) is 28.1. The zero-order chi connectivity index (χ0) is 28.4. The molecule has 6 aliphatic rings. The average Bonchev–Trinajstić information content (AvgIpc) is 3.56. The molecule has 0 radical (unpaired) electrons. The van der Waals surface area contributed by atoms with Crippen LogP contribution in [0.1, 0.15) is 99.2 Å². The summed E-state index contributed by atoms with van der Waals surface area (Å²) in [6.45, 7) is 1.89. The second-order valence-electron chi connectivity index (χ2n) is 13.3. The van der Waals surface area contributed by atoms with Gasteiger partial charge in [0.25, 0.3) is 16.1 Å². The maximum absolute atomic E-state index is 14.1. The van der Waals surface area contributed by atoms with Crippen molar-refractivity contribution < 1.29 is 31.3 Å². The summed E-state index contributed by atoms with van der Waals surface area (Å²) in [5, 5.41) is 10.6. The van der Waals surface area contributed by atoms with Gasteiger partial charge in [0.2, 0.25) is 5.92 Å². The molecule has 6 heterocycles. The number of rotatable bonds is 8. The van der Waals surface area contributed by atoms with E-state index in [9.17, 15) is 22.0 Å². The van der Waals surface area contributed by atoms with E-state index in [0.29, 0.717) is 44.7 Å². The van der Waals surface area contributed by atoms with Crippen LogP contribution in [-0.4, -0.2) is 90.0 Å². The molecule has 5 saturated heterocycles. The largest absolute Gasteiger partial charge is 0.380 e. The predicted octanol–water partition coefficient (Wildman–Crippen LogP) is 3.17. The van der Waals surface area contributed by atoms with Crippen LogP contribution in [0, 0.1) is 5.92 Å². The van der Waals surface area contributed by atoms with Gasteiger partial charge in [-0.3, -0.25) is 4.79 Å².